The van der Waals surface area contributed by atoms with Crippen molar-refractivity contribution in [3.05, 3.63) is 0 Å². The van der Waals surface area contributed by atoms with Gasteiger partial charge in [0.25, 0.3) is 0 Å². The van der Waals surface area contributed by atoms with Crippen LogP contribution in [0.4, 0.5) is 0 Å². The molecule has 4 heteroatoms. The third kappa shape index (κ3) is 0.919. The number of rotatable bonds is 1. The Kier molecular flexibility index (Phi) is 1.68. The lowest BCUT2D eigenvalue weighted by molar-refractivity contribution is -0.144. The molecular weight excluding hydrogens is 180 g/mol. The summed E-state index contributed by atoms with van der Waals surface area (Å²) in [7, 11) is 0. The minimum absolute atomic E-state index is 0.0306. The number of nitrogens with zero attached hydrogens (tertiary/aromatic N) is 1. The van der Waals surface area contributed by atoms with Gasteiger partial charge in [0.15, 0.2) is 0 Å². The molecule has 0 bridgehead atoms. The van der Waals surface area contributed by atoms with Gasteiger partial charge >= 0.3 is 0 Å². The normalized spacial score (nSPS) is 37.6. The van der Waals surface area contributed by atoms with Gasteiger partial charge in [0, 0.05) is 13.1 Å². The van der Waals surface area contributed by atoms with Crippen molar-refractivity contribution in [2.24, 2.45) is 11.8 Å². The van der Waals surface area contributed by atoms with Crippen LogP contribution in [0.5, 0.6) is 0 Å². The summed E-state index contributed by atoms with van der Waals surface area (Å²) in [4.78, 5) is 25.4. The van der Waals surface area contributed by atoms with E-state index in [2.05, 4.69) is 5.32 Å². The summed E-state index contributed by atoms with van der Waals surface area (Å²) in [6.07, 6.45) is 2.89. The van der Waals surface area contributed by atoms with Crippen LogP contribution in [0, 0.1) is 11.8 Å². The molecule has 3 fully saturated rings. The molecule has 2 atom stereocenters. The second-order valence-electron chi connectivity index (χ2n) is 4.50. The van der Waals surface area contributed by atoms with Crippen LogP contribution in [0.25, 0.3) is 0 Å². The highest BCUT2D eigenvalue weighted by atomic mass is 16.2. The van der Waals surface area contributed by atoms with Gasteiger partial charge in [-0.15, -0.1) is 0 Å². The number of amides is 2. The number of hydrogen-bond acceptors (Lipinski definition) is 3. The predicted octanol–water partition coefficient (Wildman–Crippen LogP) is -0.257. The van der Waals surface area contributed by atoms with Gasteiger partial charge in [-0.2, -0.15) is 0 Å². The van der Waals surface area contributed by atoms with Crippen LogP contribution in [0.15, 0.2) is 0 Å². The average molecular weight is 194 g/mol. The molecule has 0 spiro atoms. The minimum Gasteiger partial charge on any atom is -0.313 e. The van der Waals surface area contributed by atoms with Crippen molar-refractivity contribution >= 4 is 11.8 Å². The van der Waals surface area contributed by atoms with E-state index < -0.39 is 0 Å². The number of carbonyl (C=O) groups is 2. The first kappa shape index (κ1) is 8.41. The van der Waals surface area contributed by atoms with Gasteiger partial charge in [0.2, 0.25) is 11.8 Å². The molecule has 0 aromatic carbocycles. The maximum absolute atomic E-state index is 11.9. The second-order valence-corrected chi connectivity index (χ2v) is 4.50. The molecular formula is C10H14N2O2. The number of hydrogen-bond donors (Lipinski definition) is 1. The fraction of sp³-hybridized carbons (Fsp3) is 0.800. The maximum atomic E-state index is 11.9. The Labute approximate surface area is 82.6 Å². The molecule has 2 amide bonds. The summed E-state index contributed by atoms with van der Waals surface area (Å²) >= 11 is 0. The zero-order valence-corrected chi connectivity index (χ0v) is 8.03. The van der Waals surface area contributed by atoms with E-state index in [0.717, 1.165) is 32.4 Å². The smallest absolute Gasteiger partial charge is 0.233 e. The first-order valence-electron chi connectivity index (χ1n) is 5.36. The van der Waals surface area contributed by atoms with Gasteiger partial charge in [-0.05, 0) is 12.8 Å². The van der Waals surface area contributed by atoms with E-state index in [1.165, 1.54) is 4.90 Å². The molecule has 0 radical (unpaired) electrons. The van der Waals surface area contributed by atoms with E-state index >= 15 is 0 Å². The van der Waals surface area contributed by atoms with Crippen molar-refractivity contribution in [2.75, 3.05) is 13.1 Å². The zero-order chi connectivity index (χ0) is 9.71. The fourth-order valence-corrected chi connectivity index (χ4v) is 2.83. The standard InChI is InChI=1S/C10H14N2O2/c13-9-7-2-1-3-8(7)10(14)12(9)6-4-11-5-6/h6-8,11H,1-5H2. The summed E-state index contributed by atoms with van der Waals surface area (Å²) in [6, 6.07) is 0.153. The number of nitrogens with one attached hydrogen (secondary N) is 1. The van der Waals surface area contributed by atoms with Crippen molar-refractivity contribution in [2.45, 2.75) is 25.3 Å². The quantitative estimate of drug-likeness (QED) is 0.585. The average Bonchev–Trinajstić information content (AvgIpc) is 2.62. The van der Waals surface area contributed by atoms with E-state index in [0.29, 0.717) is 0 Å². The monoisotopic (exact) mass is 194 g/mol. The van der Waals surface area contributed by atoms with Crippen molar-refractivity contribution in [3.63, 3.8) is 0 Å². The summed E-state index contributed by atoms with van der Waals surface area (Å²) in [6.45, 7) is 1.58. The Bertz CT molecular complexity index is 276. The summed E-state index contributed by atoms with van der Waals surface area (Å²) in [5.74, 6) is 0.263. The van der Waals surface area contributed by atoms with Crippen LogP contribution in [-0.4, -0.2) is 35.8 Å². The van der Waals surface area contributed by atoms with Crippen molar-refractivity contribution in [1.29, 1.82) is 0 Å². The molecule has 14 heavy (non-hydrogen) atoms. The van der Waals surface area contributed by atoms with Crippen LogP contribution in [0.2, 0.25) is 0 Å². The lowest BCUT2D eigenvalue weighted by atomic mass is 10.00. The van der Waals surface area contributed by atoms with Crippen molar-refractivity contribution in [1.82, 2.24) is 10.2 Å². The Morgan fingerprint density at radius 3 is 2.07 bits per heavy atom. The number of carbonyl (C=O) groups excluding carboxylic acids is 2. The molecule has 1 N–H and O–H groups in total. The molecule has 3 aliphatic rings. The van der Waals surface area contributed by atoms with E-state index in [1.807, 2.05) is 0 Å². The van der Waals surface area contributed by atoms with Crippen molar-refractivity contribution < 1.29 is 9.59 Å². The Hall–Kier alpha value is -0.900. The van der Waals surface area contributed by atoms with Crippen LogP contribution >= 0.6 is 0 Å². The Morgan fingerprint density at radius 2 is 1.64 bits per heavy atom. The lowest BCUT2D eigenvalue weighted by Gasteiger charge is -2.34. The van der Waals surface area contributed by atoms with Gasteiger partial charge in [0.05, 0.1) is 17.9 Å². The molecule has 2 saturated heterocycles. The highest BCUT2D eigenvalue weighted by Crippen LogP contribution is 2.40. The van der Waals surface area contributed by atoms with Crippen LogP contribution in [-0.2, 0) is 9.59 Å². The van der Waals surface area contributed by atoms with Gasteiger partial charge in [-0.1, -0.05) is 6.42 Å². The first-order chi connectivity index (χ1) is 6.79. The van der Waals surface area contributed by atoms with E-state index in [-0.39, 0.29) is 29.7 Å². The number of likely N-dealkylation sites (tertiary alicyclic amines) is 1. The van der Waals surface area contributed by atoms with Crippen LogP contribution in [0.3, 0.4) is 0 Å². The Morgan fingerprint density at radius 1 is 1.07 bits per heavy atom. The number of fused-ring (bicyclic) bond motifs is 1. The second kappa shape index (κ2) is 2.79. The molecule has 2 unspecified atom stereocenters. The largest absolute Gasteiger partial charge is 0.313 e. The van der Waals surface area contributed by atoms with Gasteiger partial charge in [-0.3, -0.25) is 14.5 Å². The van der Waals surface area contributed by atoms with Gasteiger partial charge in [0.1, 0.15) is 0 Å². The summed E-state index contributed by atoms with van der Waals surface area (Å²) in [5.41, 5.74) is 0. The zero-order valence-electron chi connectivity index (χ0n) is 8.03. The molecule has 0 aromatic rings. The highest BCUT2D eigenvalue weighted by Gasteiger charge is 2.52. The molecule has 2 aliphatic heterocycles. The third-order valence-corrected chi connectivity index (χ3v) is 3.75. The Balaban J connectivity index is 1.86. The maximum Gasteiger partial charge on any atom is 0.233 e. The molecule has 4 nitrogen and oxygen atoms in total. The third-order valence-electron chi connectivity index (χ3n) is 3.75. The van der Waals surface area contributed by atoms with Gasteiger partial charge in [-0.25, -0.2) is 0 Å². The molecule has 0 aromatic heterocycles. The SMILES string of the molecule is O=C1C2CCCC2C(=O)N1C1CNC1. The van der Waals surface area contributed by atoms with Crippen LogP contribution < -0.4 is 5.32 Å². The number of imide groups is 1. The van der Waals surface area contributed by atoms with Crippen LogP contribution in [0.1, 0.15) is 19.3 Å². The van der Waals surface area contributed by atoms with E-state index in [4.69, 9.17) is 0 Å². The molecule has 2 heterocycles. The van der Waals surface area contributed by atoms with Gasteiger partial charge < -0.3 is 5.32 Å². The fourth-order valence-electron chi connectivity index (χ4n) is 2.83. The highest BCUT2D eigenvalue weighted by molar-refractivity contribution is 6.05. The summed E-state index contributed by atoms with van der Waals surface area (Å²) in [5, 5.41) is 3.10. The molecule has 1 saturated carbocycles. The topological polar surface area (TPSA) is 49.4 Å². The lowest BCUT2D eigenvalue weighted by Crippen LogP contribution is -2.59. The summed E-state index contributed by atoms with van der Waals surface area (Å²) < 4.78 is 0. The minimum atomic E-state index is 0.0306. The molecule has 3 rings (SSSR count). The molecule has 1 aliphatic carbocycles. The predicted molar refractivity (Wildman–Crippen MR) is 49.3 cm³/mol. The van der Waals surface area contributed by atoms with Crippen molar-refractivity contribution in [3.8, 4) is 0 Å². The first-order valence-corrected chi connectivity index (χ1v) is 5.36. The van der Waals surface area contributed by atoms with E-state index in [9.17, 15) is 9.59 Å². The molecule has 76 valence electrons. The van der Waals surface area contributed by atoms with E-state index in [1.54, 1.807) is 0 Å².